The van der Waals surface area contributed by atoms with Crippen molar-refractivity contribution in [3.8, 4) is 11.5 Å². The minimum Gasteiger partial charge on any atom is -0.496 e. The van der Waals surface area contributed by atoms with Crippen molar-refractivity contribution < 1.29 is 9.47 Å². The Kier molecular flexibility index (Phi) is 3.89. The van der Waals surface area contributed by atoms with Crippen LogP contribution in [-0.4, -0.2) is 20.8 Å². The average Bonchev–Trinajstić information content (AvgIpc) is 2.38. The molecule has 1 aromatic rings. The van der Waals surface area contributed by atoms with Gasteiger partial charge in [-0.15, -0.1) is 0 Å². The molecule has 0 aliphatic carbocycles. The summed E-state index contributed by atoms with van der Waals surface area (Å²) in [7, 11) is 3.47. The van der Waals surface area contributed by atoms with Crippen molar-refractivity contribution in [1.82, 2.24) is 5.32 Å². The van der Waals surface area contributed by atoms with Crippen molar-refractivity contribution in [3.05, 3.63) is 23.3 Å². The summed E-state index contributed by atoms with van der Waals surface area (Å²) < 4.78 is 10.9. The molecule has 1 unspecified atom stereocenters. The van der Waals surface area contributed by atoms with Crippen LogP contribution in [0.3, 0.4) is 0 Å². The second-order valence-corrected chi connectivity index (χ2v) is 4.41. The van der Waals surface area contributed by atoms with Gasteiger partial charge in [-0.1, -0.05) is 13.3 Å². The van der Waals surface area contributed by atoms with E-state index in [1.54, 1.807) is 14.2 Å². The van der Waals surface area contributed by atoms with Crippen LogP contribution in [0.15, 0.2) is 12.1 Å². The van der Waals surface area contributed by atoms with Gasteiger partial charge < -0.3 is 14.8 Å². The summed E-state index contributed by atoms with van der Waals surface area (Å²) in [5.74, 6) is 1.97. The third kappa shape index (κ3) is 2.25. The molecule has 17 heavy (non-hydrogen) atoms. The Balaban J connectivity index is 2.48. The lowest BCUT2D eigenvalue weighted by atomic mass is 9.90. The number of nitrogens with one attached hydrogen (secondary N) is 1. The quantitative estimate of drug-likeness (QED) is 0.870. The van der Waals surface area contributed by atoms with E-state index < -0.39 is 0 Å². The van der Waals surface area contributed by atoms with Gasteiger partial charge in [-0.2, -0.15) is 0 Å². The van der Waals surface area contributed by atoms with E-state index in [1.165, 1.54) is 11.1 Å². The summed E-state index contributed by atoms with van der Waals surface area (Å²) in [6, 6.07) is 4.41. The molecular formula is C14H21NO2. The zero-order chi connectivity index (χ0) is 12.3. The van der Waals surface area contributed by atoms with Crippen molar-refractivity contribution in [3.63, 3.8) is 0 Å². The molecule has 0 spiro atoms. The lowest BCUT2D eigenvalue weighted by molar-refractivity contribution is 0.370. The summed E-state index contributed by atoms with van der Waals surface area (Å²) in [6.07, 6.45) is 3.31. The van der Waals surface area contributed by atoms with E-state index in [2.05, 4.69) is 12.2 Å². The minimum absolute atomic E-state index is 0.397. The maximum absolute atomic E-state index is 5.49. The number of benzene rings is 1. The summed E-state index contributed by atoms with van der Waals surface area (Å²) in [5, 5.41) is 3.57. The van der Waals surface area contributed by atoms with Crippen molar-refractivity contribution in [2.75, 3.05) is 20.8 Å². The highest BCUT2D eigenvalue weighted by atomic mass is 16.5. The molecular weight excluding hydrogens is 214 g/mol. The maximum atomic E-state index is 5.49. The fourth-order valence-corrected chi connectivity index (χ4v) is 2.64. The van der Waals surface area contributed by atoms with E-state index in [4.69, 9.17) is 9.47 Å². The van der Waals surface area contributed by atoms with Crippen molar-refractivity contribution in [1.29, 1.82) is 0 Å². The number of hydrogen-bond acceptors (Lipinski definition) is 3. The molecule has 3 nitrogen and oxygen atoms in total. The van der Waals surface area contributed by atoms with Crippen molar-refractivity contribution in [2.45, 2.75) is 32.2 Å². The van der Waals surface area contributed by atoms with Crippen LogP contribution in [0.25, 0.3) is 0 Å². The molecule has 0 aromatic heterocycles. The van der Waals surface area contributed by atoms with Gasteiger partial charge in [-0.05, 0) is 31.5 Å². The molecule has 0 saturated heterocycles. The molecule has 3 heteroatoms. The van der Waals surface area contributed by atoms with Crippen molar-refractivity contribution in [2.24, 2.45) is 0 Å². The lowest BCUT2D eigenvalue weighted by Gasteiger charge is -2.29. The molecule has 0 fully saturated rings. The van der Waals surface area contributed by atoms with Gasteiger partial charge in [0.1, 0.15) is 11.5 Å². The van der Waals surface area contributed by atoms with Gasteiger partial charge in [-0.3, -0.25) is 0 Å². The summed E-state index contributed by atoms with van der Waals surface area (Å²) in [4.78, 5) is 0. The van der Waals surface area contributed by atoms with E-state index in [-0.39, 0.29) is 0 Å². The van der Waals surface area contributed by atoms with Gasteiger partial charge in [0.15, 0.2) is 0 Å². The van der Waals surface area contributed by atoms with E-state index in [9.17, 15) is 0 Å². The van der Waals surface area contributed by atoms with Crippen molar-refractivity contribution >= 4 is 0 Å². The molecule has 1 aliphatic heterocycles. The van der Waals surface area contributed by atoms with Crippen LogP contribution >= 0.6 is 0 Å². The minimum atomic E-state index is 0.397. The largest absolute Gasteiger partial charge is 0.496 e. The third-order valence-electron chi connectivity index (χ3n) is 3.41. The van der Waals surface area contributed by atoms with Crippen LogP contribution < -0.4 is 14.8 Å². The Morgan fingerprint density at radius 2 is 1.94 bits per heavy atom. The molecule has 1 aromatic carbocycles. The Bertz CT molecular complexity index is 390. The molecule has 1 heterocycles. The first-order valence-corrected chi connectivity index (χ1v) is 6.29. The van der Waals surface area contributed by atoms with Crippen LogP contribution in [0.2, 0.25) is 0 Å². The lowest BCUT2D eigenvalue weighted by Crippen LogP contribution is -2.30. The molecule has 1 atom stereocenters. The highest BCUT2D eigenvalue weighted by molar-refractivity contribution is 5.51. The SMILES string of the molecule is CCCC1NCCc2c(OC)ccc(OC)c21. The highest BCUT2D eigenvalue weighted by Crippen LogP contribution is 2.38. The number of rotatable bonds is 4. The van der Waals surface area contributed by atoms with E-state index in [0.717, 1.165) is 37.3 Å². The molecule has 0 saturated carbocycles. The van der Waals surface area contributed by atoms with E-state index in [0.29, 0.717) is 6.04 Å². The van der Waals surface area contributed by atoms with Crippen LogP contribution in [0, 0.1) is 0 Å². The summed E-state index contributed by atoms with van der Waals surface area (Å²) >= 11 is 0. The van der Waals surface area contributed by atoms with E-state index in [1.807, 2.05) is 12.1 Å². The summed E-state index contributed by atoms with van der Waals surface area (Å²) in [6.45, 7) is 3.23. The number of ether oxygens (including phenoxy) is 2. The van der Waals surface area contributed by atoms with Gasteiger partial charge in [0.2, 0.25) is 0 Å². The fourth-order valence-electron chi connectivity index (χ4n) is 2.64. The zero-order valence-corrected chi connectivity index (χ0v) is 10.9. The second-order valence-electron chi connectivity index (χ2n) is 4.41. The monoisotopic (exact) mass is 235 g/mol. The molecule has 94 valence electrons. The second kappa shape index (κ2) is 5.41. The highest BCUT2D eigenvalue weighted by Gasteiger charge is 2.25. The van der Waals surface area contributed by atoms with Crippen LogP contribution in [-0.2, 0) is 6.42 Å². The Hall–Kier alpha value is -1.22. The maximum Gasteiger partial charge on any atom is 0.124 e. The number of hydrogen-bond donors (Lipinski definition) is 1. The first kappa shape index (κ1) is 12.2. The predicted molar refractivity (Wildman–Crippen MR) is 68.9 cm³/mol. The van der Waals surface area contributed by atoms with Gasteiger partial charge in [-0.25, -0.2) is 0 Å². The molecule has 1 N–H and O–H groups in total. The molecule has 2 rings (SSSR count). The van der Waals surface area contributed by atoms with Crippen LogP contribution in [0.5, 0.6) is 11.5 Å². The average molecular weight is 235 g/mol. The van der Waals surface area contributed by atoms with Gasteiger partial charge in [0.25, 0.3) is 0 Å². The fraction of sp³-hybridized carbons (Fsp3) is 0.571. The predicted octanol–water partition coefficient (Wildman–Crippen LogP) is 2.69. The third-order valence-corrected chi connectivity index (χ3v) is 3.41. The Labute approximate surface area is 103 Å². The Morgan fingerprint density at radius 1 is 1.24 bits per heavy atom. The first-order chi connectivity index (χ1) is 8.31. The smallest absolute Gasteiger partial charge is 0.124 e. The molecule has 1 aliphatic rings. The topological polar surface area (TPSA) is 30.5 Å². The normalized spacial score (nSPS) is 18.6. The Morgan fingerprint density at radius 3 is 2.59 bits per heavy atom. The van der Waals surface area contributed by atoms with E-state index >= 15 is 0 Å². The zero-order valence-electron chi connectivity index (χ0n) is 10.9. The number of fused-ring (bicyclic) bond motifs is 1. The first-order valence-electron chi connectivity index (χ1n) is 6.29. The summed E-state index contributed by atoms with van der Waals surface area (Å²) in [5.41, 5.74) is 2.60. The van der Waals surface area contributed by atoms with Gasteiger partial charge in [0.05, 0.1) is 14.2 Å². The van der Waals surface area contributed by atoms with Gasteiger partial charge >= 0.3 is 0 Å². The van der Waals surface area contributed by atoms with Gasteiger partial charge in [0, 0.05) is 17.2 Å². The molecule has 0 amide bonds. The van der Waals surface area contributed by atoms with Crippen LogP contribution in [0.4, 0.5) is 0 Å². The molecule has 0 bridgehead atoms. The standard InChI is InChI=1S/C14H21NO2/c1-4-5-11-14-10(8-9-15-11)12(16-2)6-7-13(14)17-3/h6-7,11,15H,4-5,8-9H2,1-3H3. The molecule has 0 radical (unpaired) electrons. The number of methoxy groups -OCH3 is 2. The van der Waals surface area contributed by atoms with Crippen LogP contribution in [0.1, 0.15) is 36.9 Å².